The molecule has 3 rings (SSSR count). The summed E-state index contributed by atoms with van der Waals surface area (Å²) < 4.78 is 15.7. The lowest BCUT2D eigenvalue weighted by Gasteiger charge is -2.12. The number of rotatable bonds is 7. The fraction of sp³-hybridized carbons (Fsp3) is 0.190. The van der Waals surface area contributed by atoms with Crippen LogP contribution in [0.1, 0.15) is 16.2 Å². The van der Waals surface area contributed by atoms with E-state index in [1.807, 2.05) is 6.07 Å². The molecule has 0 atom stereocenters. The molecule has 2 N–H and O–H groups in total. The number of anilines is 3. The second kappa shape index (κ2) is 8.92. The Hall–Kier alpha value is -3.81. The van der Waals surface area contributed by atoms with Crippen molar-refractivity contribution in [2.45, 2.75) is 6.92 Å². The fourth-order valence-electron chi connectivity index (χ4n) is 2.68. The molecule has 0 unspecified atom stereocenters. The smallest absolute Gasteiger partial charge is 0.274 e. The molecule has 0 spiro atoms. The van der Waals surface area contributed by atoms with Crippen molar-refractivity contribution >= 4 is 23.2 Å². The molecule has 0 fully saturated rings. The Bertz CT molecular complexity index is 1020. The van der Waals surface area contributed by atoms with E-state index in [0.29, 0.717) is 40.3 Å². The average molecular weight is 394 g/mol. The van der Waals surface area contributed by atoms with Crippen molar-refractivity contribution in [3.63, 3.8) is 0 Å². The predicted octanol–water partition coefficient (Wildman–Crippen LogP) is 3.81. The van der Waals surface area contributed by atoms with Crippen LogP contribution < -0.4 is 24.8 Å². The van der Waals surface area contributed by atoms with Crippen LogP contribution in [0.25, 0.3) is 0 Å². The Kier molecular flexibility index (Phi) is 6.13. The van der Waals surface area contributed by atoms with Crippen LogP contribution >= 0.6 is 0 Å². The summed E-state index contributed by atoms with van der Waals surface area (Å²) in [5, 5.41) is 5.90. The number of benzene rings is 2. The summed E-state index contributed by atoms with van der Waals surface area (Å²) in [6.45, 7) is 1.80. The number of nitrogens with one attached hydrogen (secondary N) is 2. The van der Waals surface area contributed by atoms with Gasteiger partial charge >= 0.3 is 0 Å². The third-order valence-electron chi connectivity index (χ3n) is 4.05. The van der Waals surface area contributed by atoms with Crippen molar-refractivity contribution in [1.29, 1.82) is 0 Å². The molecular formula is C21H22N4O4. The van der Waals surface area contributed by atoms with Gasteiger partial charge in [0, 0.05) is 29.2 Å². The molecule has 2 aromatic carbocycles. The highest BCUT2D eigenvalue weighted by Crippen LogP contribution is 2.30. The van der Waals surface area contributed by atoms with Crippen LogP contribution in [0.15, 0.2) is 48.5 Å². The fourth-order valence-corrected chi connectivity index (χ4v) is 2.68. The van der Waals surface area contributed by atoms with Crippen molar-refractivity contribution in [2.75, 3.05) is 32.0 Å². The minimum Gasteiger partial charge on any atom is -0.497 e. The molecule has 1 amide bonds. The maximum Gasteiger partial charge on any atom is 0.274 e. The van der Waals surface area contributed by atoms with Crippen LogP contribution in [-0.2, 0) is 0 Å². The molecule has 3 aromatic rings. The molecular weight excluding hydrogens is 372 g/mol. The zero-order valence-electron chi connectivity index (χ0n) is 16.6. The van der Waals surface area contributed by atoms with E-state index in [1.54, 1.807) is 70.7 Å². The Morgan fingerprint density at radius 2 is 1.66 bits per heavy atom. The van der Waals surface area contributed by atoms with Gasteiger partial charge in [-0.1, -0.05) is 6.07 Å². The number of ether oxygens (including phenoxy) is 3. The summed E-state index contributed by atoms with van der Waals surface area (Å²) >= 11 is 0. The molecule has 0 aliphatic heterocycles. The van der Waals surface area contributed by atoms with Crippen LogP contribution in [0.5, 0.6) is 17.2 Å². The Balaban J connectivity index is 1.81. The van der Waals surface area contributed by atoms with Crippen LogP contribution in [0.3, 0.4) is 0 Å². The molecule has 0 bridgehead atoms. The van der Waals surface area contributed by atoms with Crippen LogP contribution in [0, 0.1) is 6.92 Å². The van der Waals surface area contributed by atoms with Gasteiger partial charge in [0.1, 0.15) is 11.4 Å². The lowest BCUT2D eigenvalue weighted by atomic mass is 10.2. The monoisotopic (exact) mass is 394 g/mol. The molecule has 1 aromatic heterocycles. The summed E-state index contributed by atoms with van der Waals surface area (Å²) in [6.07, 6.45) is 0. The van der Waals surface area contributed by atoms with Gasteiger partial charge in [-0.2, -0.15) is 0 Å². The molecule has 150 valence electrons. The van der Waals surface area contributed by atoms with Gasteiger partial charge in [0.05, 0.1) is 21.3 Å². The quantitative estimate of drug-likeness (QED) is 0.629. The van der Waals surface area contributed by atoms with E-state index in [1.165, 1.54) is 0 Å². The van der Waals surface area contributed by atoms with E-state index in [4.69, 9.17) is 14.2 Å². The zero-order chi connectivity index (χ0) is 20.8. The SMILES string of the molecule is COc1cccc(NC(=O)c2cc(C)nc(Nc3ccc(OC)c(OC)c3)n2)c1. The normalized spacial score (nSPS) is 10.2. The largest absolute Gasteiger partial charge is 0.497 e. The van der Waals surface area contributed by atoms with E-state index < -0.39 is 0 Å². The third-order valence-corrected chi connectivity index (χ3v) is 4.05. The van der Waals surface area contributed by atoms with E-state index in [9.17, 15) is 4.79 Å². The minimum atomic E-state index is -0.348. The van der Waals surface area contributed by atoms with Crippen molar-refractivity contribution in [1.82, 2.24) is 9.97 Å². The molecule has 8 nitrogen and oxygen atoms in total. The first kappa shape index (κ1) is 19.9. The third kappa shape index (κ3) is 4.92. The van der Waals surface area contributed by atoms with E-state index >= 15 is 0 Å². The molecule has 29 heavy (non-hydrogen) atoms. The van der Waals surface area contributed by atoms with Crippen LogP contribution in [-0.4, -0.2) is 37.2 Å². The lowest BCUT2D eigenvalue weighted by molar-refractivity contribution is 0.102. The number of hydrogen-bond donors (Lipinski definition) is 2. The van der Waals surface area contributed by atoms with Crippen LogP contribution in [0.2, 0.25) is 0 Å². The molecule has 8 heteroatoms. The Morgan fingerprint density at radius 1 is 0.862 bits per heavy atom. The predicted molar refractivity (Wildman–Crippen MR) is 111 cm³/mol. The van der Waals surface area contributed by atoms with Crippen molar-refractivity contribution in [2.24, 2.45) is 0 Å². The van der Waals surface area contributed by atoms with Gasteiger partial charge in [-0.25, -0.2) is 9.97 Å². The van der Waals surface area contributed by atoms with Gasteiger partial charge in [0.25, 0.3) is 5.91 Å². The van der Waals surface area contributed by atoms with Crippen molar-refractivity contribution in [3.8, 4) is 17.2 Å². The van der Waals surface area contributed by atoms with Crippen LogP contribution in [0.4, 0.5) is 17.3 Å². The topological polar surface area (TPSA) is 94.6 Å². The first-order chi connectivity index (χ1) is 14.0. The average Bonchev–Trinajstić information content (AvgIpc) is 2.73. The summed E-state index contributed by atoms with van der Waals surface area (Å²) in [5.41, 5.74) is 2.20. The summed E-state index contributed by atoms with van der Waals surface area (Å²) in [4.78, 5) is 21.3. The first-order valence-corrected chi connectivity index (χ1v) is 8.82. The van der Waals surface area contributed by atoms with E-state index in [2.05, 4.69) is 20.6 Å². The standard InChI is InChI=1S/C21H22N4O4/c1-13-10-17(20(26)23-14-6-5-7-16(11-14)27-2)25-21(22-13)24-15-8-9-18(28-3)19(12-15)29-4/h5-12H,1-4H3,(H,23,26)(H,22,24,25). The highest BCUT2D eigenvalue weighted by Gasteiger charge is 2.12. The zero-order valence-corrected chi connectivity index (χ0v) is 16.6. The number of amides is 1. The Morgan fingerprint density at radius 3 is 2.38 bits per heavy atom. The van der Waals surface area contributed by atoms with E-state index in [0.717, 1.165) is 0 Å². The molecule has 0 aliphatic rings. The maximum atomic E-state index is 12.6. The minimum absolute atomic E-state index is 0.239. The summed E-state index contributed by atoms with van der Waals surface area (Å²) in [6, 6.07) is 14.1. The summed E-state index contributed by atoms with van der Waals surface area (Å²) in [5.74, 6) is 1.78. The molecule has 1 heterocycles. The number of hydrogen-bond acceptors (Lipinski definition) is 7. The molecule has 0 saturated carbocycles. The van der Waals surface area contributed by atoms with Gasteiger partial charge in [-0.05, 0) is 37.3 Å². The summed E-state index contributed by atoms with van der Waals surface area (Å²) in [7, 11) is 4.70. The number of methoxy groups -OCH3 is 3. The first-order valence-electron chi connectivity index (χ1n) is 8.82. The van der Waals surface area contributed by atoms with Gasteiger partial charge in [0.15, 0.2) is 11.5 Å². The molecule has 0 radical (unpaired) electrons. The number of aryl methyl sites for hydroxylation is 1. The highest BCUT2D eigenvalue weighted by molar-refractivity contribution is 6.03. The number of carbonyl (C=O) groups is 1. The van der Waals surface area contributed by atoms with Gasteiger partial charge in [-0.3, -0.25) is 4.79 Å². The second-order valence-electron chi connectivity index (χ2n) is 6.10. The van der Waals surface area contributed by atoms with Gasteiger partial charge < -0.3 is 24.8 Å². The van der Waals surface area contributed by atoms with Gasteiger partial charge in [-0.15, -0.1) is 0 Å². The second-order valence-corrected chi connectivity index (χ2v) is 6.10. The lowest BCUT2D eigenvalue weighted by Crippen LogP contribution is -2.15. The number of aromatic nitrogens is 2. The van der Waals surface area contributed by atoms with E-state index in [-0.39, 0.29) is 11.6 Å². The van der Waals surface area contributed by atoms with Gasteiger partial charge in [0.2, 0.25) is 5.95 Å². The Labute approximate surface area is 168 Å². The molecule has 0 saturated heterocycles. The van der Waals surface area contributed by atoms with Crippen molar-refractivity contribution < 1.29 is 19.0 Å². The number of carbonyl (C=O) groups excluding carboxylic acids is 1. The highest BCUT2D eigenvalue weighted by atomic mass is 16.5. The van der Waals surface area contributed by atoms with Crippen molar-refractivity contribution in [3.05, 3.63) is 59.9 Å². The number of nitrogens with zero attached hydrogens (tertiary/aromatic N) is 2. The molecule has 0 aliphatic carbocycles. The maximum absolute atomic E-state index is 12.6.